The van der Waals surface area contributed by atoms with Gasteiger partial charge in [-0.15, -0.1) is 4.57 Å². The molecule has 0 saturated carbocycles. The predicted molar refractivity (Wildman–Crippen MR) is 140 cm³/mol. The smallest absolute Gasteiger partial charge is 0.442 e. The number of rotatable bonds is 4. The Morgan fingerprint density at radius 3 is 2.42 bits per heavy atom. The minimum atomic E-state index is -0.946. The average molecular weight is 548 g/mol. The zero-order valence-electron chi connectivity index (χ0n) is 22.3. The quantitative estimate of drug-likeness (QED) is 0.277. The van der Waals surface area contributed by atoms with Gasteiger partial charge in [-0.2, -0.15) is 4.98 Å². The third-order valence-electron chi connectivity index (χ3n) is 6.34. The number of aromatic nitrogens is 5. The molecule has 4 rings (SSSR count). The van der Waals surface area contributed by atoms with Crippen LogP contribution in [0.1, 0.15) is 52.9 Å². The molecule has 1 atom stereocenters. The lowest BCUT2D eigenvalue weighted by atomic mass is 10.1. The van der Waals surface area contributed by atoms with Crippen LogP contribution < -0.4 is 15.3 Å². The van der Waals surface area contributed by atoms with Crippen molar-refractivity contribution in [3.05, 3.63) is 50.4 Å². The number of amides is 1. The first kappa shape index (κ1) is 27.5. The Kier molecular flexibility index (Phi) is 7.46. The summed E-state index contributed by atoms with van der Waals surface area (Å²) in [5.41, 5.74) is -0.160. The van der Waals surface area contributed by atoms with Gasteiger partial charge in [0.05, 0.1) is 11.4 Å². The van der Waals surface area contributed by atoms with Crippen LogP contribution in [0.5, 0.6) is 0 Å². The second-order valence-corrected chi connectivity index (χ2v) is 10.5. The average Bonchev–Trinajstić information content (AvgIpc) is 2.86. The van der Waals surface area contributed by atoms with Gasteiger partial charge in [-0.3, -0.25) is 0 Å². The number of pyridine rings is 1. The van der Waals surface area contributed by atoms with Crippen molar-refractivity contribution in [3.8, 4) is 5.69 Å². The van der Waals surface area contributed by atoms with Crippen molar-refractivity contribution < 1.29 is 18.7 Å². The zero-order chi connectivity index (χ0) is 27.9. The lowest BCUT2D eigenvalue weighted by Gasteiger charge is -2.40. The van der Waals surface area contributed by atoms with Gasteiger partial charge in [0, 0.05) is 25.7 Å². The summed E-state index contributed by atoms with van der Waals surface area (Å²) < 4.78 is 21.6. The lowest BCUT2D eigenvalue weighted by Crippen LogP contribution is -2.55. The molecule has 0 N–H and O–H groups in total. The fourth-order valence-electron chi connectivity index (χ4n) is 4.64. The van der Waals surface area contributed by atoms with E-state index in [4.69, 9.17) is 16.3 Å². The van der Waals surface area contributed by atoms with Crippen LogP contribution in [-0.2, 0) is 17.6 Å². The van der Waals surface area contributed by atoms with Crippen LogP contribution in [0.25, 0.3) is 16.7 Å². The fourth-order valence-corrected chi connectivity index (χ4v) is 4.77. The SMILES string of the molecule is CCc1ncnc(CC)c1-n1c(=O)nc(N2CCN(C(=O)OC(C)(C)C)C[C@@H]2C)c2cc(F)c(Cl)[n+]([O-])c21. The van der Waals surface area contributed by atoms with Crippen LogP contribution in [0, 0.1) is 11.0 Å². The Morgan fingerprint density at radius 1 is 1.24 bits per heavy atom. The molecule has 11 nitrogen and oxygen atoms in total. The molecule has 1 saturated heterocycles. The van der Waals surface area contributed by atoms with Gasteiger partial charge in [0.15, 0.2) is 17.3 Å². The van der Waals surface area contributed by atoms with Crippen LogP contribution in [-0.4, -0.2) is 61.8 Å². The van der Waals surface area contributed by atoms with Gasteiger partial charge in [0.1, 0.15) is 17.3 Å². The van der Waals surface area contributed by atoms with Crippen molar-refractivity contribution in [1.29, 1.82) is 0 Å². The van der Waals surface area contributed by atoms with Crippen molar-refractivity contribution in [2.45, 2.75) is 66.0 Å². The van der Waals surface area contributed by atoms with E-state index in [1.165, 1.54) is 6.33 Å². The molecule has 0 spiro atoms. The third kappa shape index (κ3) is 4.96. The zero-order valence-corrected chi connectivity index (χ0v) is 23.0. The van der Waals surface area contributed by atoms with Gasteiger partial charge in [-0.1, -0.05) is 13.8 Å². The molecule has 4 heterocycles. The molecule has 0 bridgehead atoms. The number of anilines is 1. The number of ether oxygens (including phenoxy) is 1. The number of hydrogen-bond donors (Lipinski definition) is 0. The minimum Gasteiger partial charge on any atom is -0.709 e. The molecular weight excluding hydrogens is 517 g/mol. The van der Waals surface area contributed by atoms with E-state index in [0.717, 1.165) is 10.6 Å². The highest BCUT2D eigenvalue weighted by molar-refractivity contribution is 6.28. The van der Waals surface area contributed by atoms with Crippen LogP contribution in [0.15, 0.2) is 17.2 Å². The first-order chi connectivity index (χ1) is 17.9. The number of piperazine rings is 1. The second kappa shape index (κ2) is 10.3. The fraction of sp³-hybridized carbons (Fsp3) is 0.520. The van der Waals surface area contributed by atoms with E-state index in [0.29, 0.717) is 29.9 Å². The normalized spacial score (nSPS) is 16.3. The Bertz CT molecular complexity index is 1430. The predicted octanol–water partition coefficient (Wildman–Crippen LogP) is 3.17. The minimum absolute atomic E-state index is 0.104. The summed E-state index contributed by atoms with van der Waals surface area (Å²) in [6.45, 7) is 11.8. The maximum absolute atomic E-state index is 14.8. The van der Waals surface area contributed by atoms with E-state index in [9.17, 15) is 19.2 Å². The van der Waals surface area contributed by atoms with Gasteiger partial charge in [0.25, 0.3) is 0 Å². The van der Waals surface area contributed by atoms with E-state index in [-0.39, 0.29) is 47.3 Å². The topological polar surface area (TPSA) is 120 Å². The van der Waals surface area contributed by atoms with Gasteiger partial charge >= 0.3 is 17.4 Å². The summed E-state index contributed by atoms with van der Waals surface area (Å²) in [7, 11) is 0. The van der Waals surface area contributed by atoms with Crippen molar-refractivity contribution in [3.63, 3.8) is 0 Å². The van der Waals surface area contributed by atoms with Crippen molar-refractivity contribution >= 4 is 34.5 Å². The van der Waals surface area contributed by atoms with E-state index in [2.05, 4.69) is 15.0 Å². The largest absolute Gasteiger partial charge is 0.709 e. The van der Waals surface area contributed by atoms with Crippen LogP contribution in [0.4, 0.5) is 15.0 Å². The molecule has 1 aliphatic rings. The van der Waals surface area contributed by atoms with E-state index < -0.39 is 28.4 Å². The highest BCUT2D eigenvalue weighted by Crippen LogP contribution is 2.30. The molecule has 0 radical (unpaired) electrons. The van der Waals surface area contributed by atoms with Gasteiger partial charge in [0.2, 0.25) is 5.15 Å². The molecular formula is C25H31ClFN7O4. The van der Waals surface area contributed by atoms with Crippen LogP contribution >= 0.6 is 11.6 Å². The standard InChI is InChI=1S/C25H31ClFN7O4/c1-7-17-19(18(8-2)29-13-28-17)33-22-15(11-16(27)20(26)34(22)37)21(30-23(33)35)32-10-9-31(12-14(32)3)24(36)38-25(4,5)6/h11,13-14H,7-10,12H2,1-6H3/t14-/m0/s1. The first-order valence-electron chi connectivity index (χ1n) is 12.5. The van der Waals surface area contributed by atoms with Crippen molar-refractivity contribution in [2.24, 2.45) is 0 Å². The highest BCUT2D eigenvalue weighted by atomic mass is 35.5. The number of nitrogens with zero attached hydrogens (tertiary/aromatic N) is 7. The van der Waals surface area contributed by atoms with Crippen molar-refractivity contribution in [2.75, 3.05) is 24.5 Å². The van der Waals surface area contributed by atoms with Crippen LogP contribution in [0.3, 0.4) is 0 Å². The monoisotopic (exact) mass is 547 g/mol. The van der Waals surface area contributed by atoms with Gasteiger partial charge in [-0.25, -0.2) is 28.7 Å². The molecule has 0 aliphatic carbocycles. The lowest BCUT2D eigenvalue weighted by molar-refractivity contribution is -0.579. The third-order valence-corrected chi connectivity index (χ3v) is 6.68. The summed E-state index contributed by atoms with van der Waals surface area (Å²) in [4.78, 5) is 42.5. The summed E-state index contributed by atoms with van der Waals surface area (Å²) in [5.74, 6) is -0.816. The van der Waals surface area contributed by atoms with Crippen molar-refractivity contribution in [1.82, 2.24) is 24.4 Å². The highest BCUT2D eigenvalue weighted by Gasteiger charge is 2.35. The number of hydrogen-bond acceptors (Lipinski definition) is 8. The van der Waals surface area contributed by atoms with Gasteiger partial charge in [-0.05, 0) is 58.2 Å². The Balaban J connectivity index is 1.89. The maximum Gasteiger partial charge on any atom is 0.442 e. The van der Waals surface area contributed by atoms with Crippen LogP contribution in [0.2, 0.25) is 5.15 Å². The Labute approximate surface area is 224 Å². The molecule has 3 aromatic heterocycles. The summed E-state index contributed by atoms with van der Waals surface area (Å²) >= 11 is 6.03. The number of aryl methyl sites for hydroxylation is 2. The molecule has 204 valence electrons. The molecule has 0 unspecified atom stereocenters. The van der Waals surface area contributed by atoms with E-state index in [1.54, 1.807) is 30.6 Å². The second-order valence-electron chi connectivity index (χ2n) is 10.2. The molecule has 0 aromatic carbocycles. The summed E-state index contributed by atoms with van der Waals surface area (Å²) in [5, 5.41) is 12.7. The van der Waals surface area contributed by atoms with Gasteiger partial charge < -0.3 is 19.7 Å². The number of carbonyl (C=O) groups excluding carboxylic acids is 1. The van der Waals surface area contributed by atoms with E-state index >= 15 is 0 Å². The Morgan fingerprint density at radius 2 is 1.87 bits per heavy atom. The molecule has 13 heteroatoms. The van der Waals surface area contributed by atoms with E-state index in [1.807, 2.05) is 20.8 Å². The maximum atomic E-state index is 14.8. The molecule has 1 fully saturated rings. The molecule has 1 aliphatic heterocycles. The first-order valence-corrected chi connectivity index (χ1v) is 12.9. The molecule has 38 heavy (non-hydrogen) atoms. The molecule has 3 aromatic rings. The number of halogens is 2. The Hall–Kier alpha value is -3.54. The summed E-state index contributed by atoms with van der Waals surface area (Å²) in [6, 6.07) is 0.789. The summed E-state index contributed by atoms with van der Waals surface area (Å²) in [6.07, 6.45) is 1.87. The number of carbonyl (C=O) groups is 1. The molecule has 1 amide bonds. The number of fused-ring (bicyclic) bond motifs is 1.